The average molecular weight is 232 g/mol. The van der Waals surface area contributed by atoms with E-state index in [1.807, 2.05) is 0 Å². The van der Waals surface area contributed by atoms with Gasteiger partial charge >= 0.3 is 0 Å². The van der Waals surface area contributed by atoms with Crippen LogP contribution in [0.2, 0.25) is 0 Å². The van der Waals surface area contributed by atoms with Crippen LogP contribution in [0.3, 0.4) is 0 Å². The summed E-state index contributed by atoms with van der Waals surface area (Å²) in [6, 6.07) is 8.42. The van der Waals surface area contributed by atoms with Crippen molar-refractivity contribution in [2.45, 2.75) is 50.9 Å². The number of aliphatic hydroxyl groups is 1. The molecule has 1 aromatic carbocycles. The fourth-order valence-corrected chi connectivity index (χ4v) is 3.31. The first kappa shape index (κ1) is 11.2. The maximum absolute atomic E-state index is 10.3. The summed E-state index contributed by atoms with van der Waals surface area (Å²) in [5.74, 6) is 0.356. The highest BCUT2D eigenvalue weighted by molar-refractivity contribution is 5.23. The monoisotopic (exact) mass is 232 g/mol. The fraction of sp³-hybridized carbons (Fsp3) is 0.600. The SMILES string of the molecule is Cc1cccc(CC(O)C2CC3CCC2O3)c1. The van der Waals surface area contributed by atoms with Crippen molar-refractivity contribution < 1.29 is 9.84 Å². The molecule has 2 saturated heterocycles. The molecule has 2 heteroatoms. The highest BCUT2D eigenvalue weighted by Crippen LogP contribution is 2.40. The minimum atomic E-state index is -0.243. The van der Waals surface area contributed by atoms with Gasteiger partial charge in [0.05, 0.1) is 18.3 Å². The molecule has 0 aliphatic carbocycles. The molecule has 0 radical (unpaired) electrons. The highest BCUT2D eigenvalue weighted by Gasteiger charge is 2.43. The molecule has 92 valence electrons. The first-order valence-electron chi connectivity index (χ1n) is 6.61. The summed E-state index contributed by atoms with van der Waals surface area (Å²) in [6.45, 7) is 2.09. The van der Waals surface area contributed by atoms with E-state index in [9.17, 15) is 5.11 Å². The zero-order valence-corrected chi connectivity index (χ0v) is 10.3. The standard InChI is InChI=1S/C15H20O2/c1-10-3-2-4-11(7-10)8-14(16)13-9-12-5-6-15(13)17-12/h2-4,7,12-16H,5-6,8-9H2,1H3. The lowest BCUT2D eigenvalue weighted by molar-refractivity contribution is 0.0432. The Morgan fingerprint density at radius 1 is 1.41 bits per heavy atom. The van der Waals surface area contributed by atoms with Crippen LogP contribution in [0.4, 0.5) is 0 Å². The maximum atomic E-state index is 10.3. The lowest BCUT2D eigenvalue weighted by Crippen LogP contribution is -2.30. The Hall–Kier alpha value is -0.860. The van der Waals surface area contributed by atoms with Crippen molar-refractivity contribution in [2.75, 3.05) is 0 Å². The van der Waals surface area contributed by atoms with Gasteiger partial charge in [-0.2, -0.15) is 0 Å². The lowest BCUT2D eigenvalue weighted by Gasteiger charge is -2.24. The summed E-state index contributed by atoms with van der Waals surface area (Å²) in [4.78, 5) is 0. The Balaban J connectivity index is 1.65. The van der Waals surface area contributed by atoms with Crippen LogP contribution < -0.4 is 0 Å². The van der Waals surface area contributed by atoms with E-state index >= 15 is 0 Å². The molecule has 17 heavy (non-hydrogen) atoms. The highest BCUT2D eigenvalue weighted by atomic mass is 16.5. The first-order chi connectivity index (χ1) is 8.22. The van der Waals surface area contributed by atoms with Gasteiger partial charge in [0.15, 0.2) is 0 Å². The number of aryl methyl sites for hydroxylation is 1. The Bertz CT molecular complexity index is 402. The molecule has 2 heterocycles. The van der Waals surface area contributed by atoms with Gasteiger partial charge in [-0.1, -0.05) is 29.8 Å². The van der Waals surface area contributed by atoms with Crippen LogP contribution in [-0.2, 0) is 11.2 Å². The molecule has 4 atom stereocenters. The van der Waals surface area contributed by atoms with Crippen molar-refractivity contribution in [1.29, 1.82) is 0 Å². The first-order valence-corrected chi connectivity index (χ1v) is 6.61. The topological polar surface area (TPSA) is 29.5 Å². The number of fused-ring (bicyclic) bond motifs is 2. The molecule has 2 nitrogen and oxygen atoms in total. The Morgan fingerprint density at radius 3 is 2.94 bits per heavy atom. The van der Waals surface area contributed by atoms with Gasteiger partial charge in [0, 0.05) is 5.92 Å². The third-order valence-electron chi connectivity index (χ3n) is 4.17. The van der Waals surface area contributed by atoms with E-state index in [0.717, 1.165) is 19.3 Å². The second-order valence-electron chi connectivity index (χ2n) is 5.53. The minimum absolute atomic E-state index is 0.243. The van der Waals surface area contributed by atoms with Gasteiger partial charge in [0.2, 0.25) is 0 Å². The molecule has 3 rings (SSSR count). The van der Waals surface area contributed by atoms with Gasteiger partial charge in [0.25, 0.3) is 0 Å². The summed E-state index contributed by atoms with van der Waals surface area (Å²) in [7, 11) is 0. The van der Waals surface area contributed by atoms with Crippen LogP contribution in [-0.4, -0.2) is 23.4 Å². The van der Waals surface area contributed by atoms with Crippen LogP contribution in [0.15, 0.2) is 24.3 Å². The van der Waals surface area contributed by atoms with Gasteiger partial charge in [-0.25, -0.2) is 0 Å². The van der Waals surface area contributed by atoms with Crippen LogP contribution >= 0.6 is 0 Å². The number of rotatable bonds is 3. The van der Waals surface area contributed by atoms with E-state index in [0.29, 0.717) is 18.1 Å². The molecular weight excluding hydrogens is 212 g/mol. The Morgan fingerprint density at radius 2 is 2.29 bits per heavy atom. The van der Waals surface area contributed by atoms with E-state index in [2.05, 4.69) is 31.2 Å². The summed E-state index contributed by atoms with van der Waals surface area (Å²) >= 11 is 0. The largest absolute Gasteiger partial charge is 0.392 e. The molecule has 2 fully saturated rings. The summed E-state index contributed by atoms with van der Waals surface area (Å²) in [5.41, 5.74) is 2.50. The fourth-order valence-electron chi connectivity index (χ4n) is 3.31. The smallest absolute Gasteiger partial charge is 0.0634 e. The van der Waals surface area contributed by atoms with E-state index in [4.69, 9.17) is 4.74 Å². The number of ether oxygens (including phenoxy) is 1. The molecule has 2 aliphatic heterocycles. The molecule has 0 aromatic heterocycles. The molecular formula is C15H20O2. The molecule has 4 unspecified atom stereocenters. The number of aliphatic hydroxyl groups excluding tert-OH is 1. The Labute approximate surface area is 103 Å². The molecule has 0 amide bonds. The van der Waals surface area contributed by atoms with E-state index in [-0.39, 0.29) is 6.10 Å². The van der Waals surface area contributed by atoms with E-state index in [1.54, 1.807) is 0 Å². The zero-order chi connectivity index (χ0) is 11.8. The number of benzene rings is 1. The maximum Gasteiger partial charge on any atom is 0.0634 e. The normalized spacial score (nSPS) is 32.9. The number of hydrogen-bond donors (Lipinski definition) is 1. The number of hydrogen-bond acceptors (Lipinski definition) is 2. The van der Waals surface area contributed by atoms with Gasteiger partial charge in [0.1, 0.15) is 0 Å². The van der Waals surface area contributed by atoms with Crippen LogP contribution in [0.5, 0.6) is 0 Å². The second-order valence-corrected chi connectivity index (χ2v) is 5.53. The van der Waals surface area contributed by atoms with Crippen LogP contribution in [0.25, 0.3) is 0 Å². The van der Waals surface area contributed by atoms with Crippen molar-refractivity contribution in [3.8, 4) is 0 Å². The molecule has 0 spiro atoms. The van der Waals surface area contributed by atoms with Crippen LogP contribution in [0.1, 0.15) is 30.4 Å². The Kier molecular flexibility index (Phi) is 2.93. The van der Waals surface area contributed by atoms with Crippen molar-refractivity contribution in [2.24, 2.45) is 5.92 Å². The predicted molar refractivity (Wildman–Crippen MR) is 66.9 cm³/mol. The van der Waals surface area contributed by atoms with Crippen molar-refractivity contribution >= 4 is 0 Å². The quantitative estimate of drug-likeness (QED) is 0.867. The zero-order valence-electron chi connectivity index (χ0n) is 10.3. The predicted octanol–water partition coefficient (Wildman–Crippen LogP) is 2.47. The second kappa shape index (κ2) is 4.43. The third kappa shape index (κ3) is 2.24. The van der Waals surface area contributed by atoms with E-state index < -0.39 is 0 Å². The molecule has 1 N–H and O–H groups in total. The summed E-state index contributed by atoms with van der Waals surface area (Å²) < 4.78 is 5.81. The van der Waals surface area contributed by atoms with E-state index in [1.165, 1.54) is 17.5 Å². The molecule has 1 aromatic rings. The van der Waals surface area contributed by atoms with Gasteiger partial charge in [-0.15, -0.1) is 0 Å². The third-order valence-corrected chi connectivity index (χ3v) is 4.17. The minimum Gasteiger partial charge on any atom is -0.392 e. The van der Waals surface area contributed by atoms with Crippen molar-refractivity contribution in [3.63, 3.8) is 0 Å². The molecule has 2 bridgehead atoms. The van der Waals surface area contributed by atoms with Gasteiger partial charge in [-0.05, 0) is 38.2 Å². The van der Waals surface area contributed by atoms with Crippen molar-refractivity contribution in [1.82, 2.24) is 0 Å². The summed E-state index contributed by atoms with van der Waals surface area (Å²) in [6.07, 6.45) is 4.65. The van der Waals surface area contributed by atoms with Gasteiger partial charge < -0.3 is 9.84 Å². The van der Waals surface area contributed by atoms with Crippen LogP contribution in [0, 0.1) is 12.8 Å². The lowest BCUT2D eigenvalue weighted by atomic mass is 9.83. The average Bonchev–Trinajstić information content (AvgIpc) is 2.90. The van der Waals surface area contributed by atoms with Gasteiger partial charge in [-0.3, -0.25) is 0 Å². The summed E-state index contributed by atoms with van der Waals surface area (Å²) in [5, 5.41) is 10.3. The molecule has 2 aliphatic rings. The van der Waals surface area contributed by atoms with Crippen molar-refractivity contribution in [3.05, 3.63) is 35.4 Å². The molecule has 0 saturated carbocycles.